The summed E-state index contributed by atoms with van der Waals surface area (Å²) in [5, 5.41) is 13.0. The summed E-state index contributed by atoms with van der Waals surface area (Å²) < 4.78 is 22.8. The molecular weight excluding hydrogens is 316 g/mol. The van der Waals surface area contributed by atoms with Crippen molar-refractivity contribution in [2.45, 2.75) is 11.8 Å². The van der Waals surface area contributed by atoms with Crippen molar-refractivity contribution in [1.29, 1.82) is 0 Å². The lowest BCUT2D eigenvalue weighted by atomic mass is 10.1. The van der Waals surface area contributed by atoms with Crippen LogP contribution in [0.25, 0.3) is 0 Å². The maximum absolute atomic E-state index is 11.4. The third-order valence-corrected chi connectivity index (χ3v) is 4.31. The van der Waals surface area contributed by atoms with Crippen LogP contribution in [0.15, 0.2) is 58.5 Å². The highest BCUT2D eigenvalue weighted by Gasteiger charge is 2.07. The molecule has 0 saturated heterocycles. The first-order valence-corrected chi connectivity index (χ1v) is 8.60. The zero-order valence-electron chi connectivity index (χ0n) is 12.6. The summed E-state index contributed by atoms with van der Waals surface area (Å²) in [7, 11) is -3.22. The fraction of sp³-hybridized carbons (Fsp3) is 0.125. The Balaban J connectivity index is 2.12. The van der Waals surface area contributed by atoms with Gasteiger partial charge in [-0.2, -0.15) is 5.10 Å². The number of carboxylic acids is 1. The summed E-state index contributed by atoms with van der Waals surface area (Å²) >= 11 is 0. The first-order valence-electron chi connectivity index (χ1n) is 6.71. The van der Waals surface area contributed by atoms with E-state index >= 15 is 0 Å². The number of benzene rings is 2. The molecule has 0 atom stereocenters. The van der Waals surface area contributed by atoms with E-state index in [1.807, 2.05) is 0 Å². The van der Waals surface area contributed by atoms with Gasteiger partial charge in [0.05, 0.1) is 21.9 Å². The van der Waals surface area contributed by atoms with Crippen LogP contribution in [0.3, 0.4) is 0 Å². The molecule has 0 saturated carbocycles. The molecule has 0 fully saturated rings. The molecule has 0 aliphatic carbocycles. The van der Waals surface area contributed by atoms with Crippen LogP contribution in [0, 0.1) is 0 Å². The molecular formula is C16H16N2O4S. The lowest BCUT2D eigenvalue weighted by Gasteiger charge is -2.05. The minimum atomic E-state index is -3.22. The first-order chi connectivity index (χ1) is 10.8. The number of anilines is 1. The molecule has 0 heterocycles. The summed E-state index contributed by atoms with van der Waals surface area (Å²) in [4.78, 5) is 11.0. The van der Waals surface area contributed by atoms with Crippen LogP contribution in [0.4, 0.5) is 5.69 Å². The summed E-state index contributed by atoms with van der Waals surface area (Å²) in [5.41, 5.74) is 5.14. The average molecular weight is 332 g/mol. The van der Waals surface area contributed by atoms with Crippen LogP contribution in [0.1, 0.15) is 22.8 Å². The maximum Gasteiger partial charge on any atom is 0.335 e. The Morgan fingerprint density at radius 2 is 1.52 bits per heavy atom. The minimum Gasteiger partial charge on any atom is -0.478 e. The summed E-state index contributed by atoms with van der Waals surface area (Å²) in [6.45, 7) is 1.79. The standard InChI is InChI=1S/C16H16N2O4S/c1-11(12-5-9-15(10-6-12)23(2,21)22)17-18-14-7-3-13(4-8-14)16(19)20/h3-10,18H,1-2H3,(H,19,20)/b17-11-. The number of carbonyl (C=O) groups is 1. The third-order valence-electron chi connectivity index (χ3n) is 3.18. The topological polar surface area (TPSA) is 95.8 Å². The van der Waals surface area contributed by atoms with Gasteiger partial charge in [0, 0.05) is 6.26 Å². The monoisotopic (exact) mass is 332 g/mol. The predicted octanol–water partition coefficient (Wildman–Crippen LogP) is 2.62. The van der Waals surface area contributed by atoms with E-state index < -0.39 is 15.8 Å². The molecule has 2 rings (SSSR count). The Labute approximate surface area is 134 Å². The molecule has 0 amide bonds. The van der Waals surface area contributed by atoms with Gasteiger partial charge in [-0.1, -0.05) is 12.1 Å². The van der Waals surface area contributed by atoms with Gasteiger partial charge in [0.15, 0.2) is 9.84 Å². The second-order valence-electron chi connectivity index (χ2n) is 4.99. The lowest BCUT2D eigenvalue weighted by Crippen LogP contribution is -2.02. The van der Waals surface area contributed by atoms with Crippen molar-refractivity contribution >= 4 is 27.2 Å². The molecule has 2 aromatic rings. The van der Waals surface area contributed by atoms with Crippen LogP contribution in [0.5, 0.6) is 0 Å². The van der Waals surface area contributed by atoms with Crippen LogP contribution < -0.4 is 5.43 Å². The smallest absolute Gasteiger partial charge is 0.335 e. The van der Waals surface area contributed by atoms with Crippen LogP contribution in [0.2, 0.25) is 0 Å². The molecule has 120 valence electrons. The average Bonchev–Trinajstić information content (AvgIpc) is 2.52. The molecule has 0 spiro atoms. The van der Waals surface area contributed by atoms with Crippen molar-refractivity contribution in [1.82, 2.24) is 0 Å². The van der Waals surface area contributed by atoms with Gasteiger partial charge in [-0.25, -0.2) is 13.2 Å². The molecule has 6 nitrogen and oxygen atoms in total. The highest BCUT2D eigenvalue weighted by atomic mass is 32.2. The van der Waals surface area contributed by atoms with Gasteiger partial charge < -0.3 is 5.11 Å². The van der Waals surface area contributed by atoms with Gasteiger partial charge in [0.2, 0.25) is 0 Å². The third kappa shape index (κ3) is 4.40. The molecule has 0 bridgehead atoms. The molecule has 23 heavy (non-hydrogen) atoms. The molecule has 0 radical (unpaired) electrons. The second-order valence-corrected chi connectivity index (χ2v) is 7.00. The van der Waals surface area contributed by atoms with Gasteiger partial charge in [0.1, 0.15) is 0 Å². The molecule has 2 N–H and O–H groups in total. The summed E-state index contributed by atoms with van der Waals surface area (Å²) in [6, 6.07) is 12.6. The van der Waals surface area contributed by atoms with E-state index in [-0.39, 0.29) is 10.5 Å². The fourth-order valence-corrected chi connectivity index (χ4v) is 2.47. The number of hydrogen-bond donors (Lipinski definition) is 2. The number of sulfone groups is 1. The van der Waals surface area contributed by atoms with Crippen molar-refractivity contribution in [2.75, 3.05) is 11.7 Å². The van der Waals surface area contributed by atoms with Gasteiger partial charge in [0.25, 0.3) is 0 Å². The lowest BCUT2D eigenvalue weighted by molar-refractivity contribution is 0.0697. The molecule has 0 unspecified atom stereocenters. The Hall–Kier alpha value is -2.67. The van der Waals surface area contributed by atoms with Crippen molar-refractivity contribution in [3.63, 3.8) is 0 Å². The molecule has 2 aromatic carbocycles. The van der Waals surface area contributed by atoms with E-state index in [1.54, 1.807) is 31.2 Å². The maximum atomic E-state index is 11.4. The molecule has 0 aromatic heterocycles. The number of hydrogen-bond acceptors (Lipinski definition) is 5. The van der Waals surface area contributed by atoms with Crippen molar-refractivity contribution in [3.8, 4) is 0 Å². The second kappa shape index (κ2) is 6.62. The van der Waals surface area contributed by atoms with Gasteiger partial charge >= 0.3 is 5.97 Å². The quantitative estimate of drug-likeness (QED) is 0.648. The van der Waals surface area contributed by atoms with Crippen molar-refractivity contribution in [3.05, 3.63) is 59.7 Å². The van der Waals surface area contributed by atoms with E-state index in [4.69, 9.17) is 5.11 Å². The van der Waals surface area contributed by atoms with Crippen molar-refractivity contribution in [2.24, 2.45) is 5.10 Å². The van der Waals surface area contributed by atoms with E-state index in [0.717, 1.165) is 11.8 Å². The molecule has 7 heteroatoms. The summed E-state index contributed by atoms with van der Waals surface area (Å²) in [6.07, 6.45) is 1.16. The Kier molecular flexibility index (Phi) is 4.80. The van der Waals surface area contributed by atoms with Gasteiger partial charge in [-0.3, -0.25) is 5.43 Å². The molecule has 0 aliphatic heterocycles. The zero-order valence-corrected chi connectivity index (χ0v) is 13.5. The number of rotatable bonds is 5. The SMILES string of the molecule is C/C(=N/Nc1ccc(C(=O)O)cc1)c1ccc(S(C)(=O)=O)cc1. The number of nitrogens with one attached hydrogen (secondary N) is 1. The zero-order chi connectivity index (χ0) is 17.0. The van der Waals surface area contributed by atoms with Crippen LogP contribution >= 0.6 is 0 Å². The number of aromatic carboxylic acids is 1. The first kappa shape index (κ1) is 16.7. The highest BCUT2D eigenvalue weighted by molar-refractivity contribution is 7.90. The van der Waals surface area contributed by atoms with E-state index in [0.29, 0.717) is 11.4 Å². The number of nitrogens with zero attached hydrogens (tertiary/aromatic N) is 1. The highest BCUT2D eigenvalue weighted by Crippen LogP contribution is 2.13. The Bertz CT molecular complexity index is 839. The van der Waals surface area contributed by atoms with E-state index in [9.17, 15) is 13.2 Å². The number of carboxylic acid groups (broad SMARTS) is 1. The minimum absolute atomic E-state index is 0.201. The van der Waals surface area contributed by atoms with Crippen LogP contribution in [-0.4, -0.2) is 31.5 Å². The largest absolute Gasteiger partial charge is 0.478 e. The Morgan fingerprint density at radius 1 is 1.00 bits per heavy atom. The van der Waals surface area contributed by atoms with Gasteiger partial charge in [-0.15, -0.1) is 0 Å². The van der Waals surface area contributed by atoms with E-state index in [1.165, 1.54) is 24.3 Å². The van der Waals surface area contributed by atoms with E-state index in [2.05, 4.69) is 10.5 Å². The summed E-state index contributed by atoms with van der Waals surface area (Å²) in [5.74, 6) is -0.984. The normalized spacial score (nSPS) is 12.0. The van der Waals surface area contributed by atoms with Crippen molar-refractivity contribution < 1.29 is 18.3 Å². The fourth-order valence-electron chi connectivity index (χ4n) is 1.84. The van der Waals surface area contributed by atoms with Gasteiger partial charge in [-0.05, 0) is 48.9 Å². The Morgan fingerprint density at radius 3 is 2.00 bits per heavy atom. The molecule has 0 aliphatic rings. The predicted molar refractivity (Wildman–Crippen MR) is 88.8 cm³/mol. The van der Waals surface area contributed by atoms with Crippen LogP contribution in [-0.2, 0) is 9.84 Å². The number of hydrazone groups is 1.